The maximum absolute atomic E-state index is 13.1. The summed E-state index contributed by atoms with van der Waals surface area (Å²) < 4.78 is 21.1. The summed E-state index contributed by atoms with van der Waals surface area (Å²) >= 11 is 1.34. The number of amidine groups is 1. The predicted molar refractivity (Wildman–Crippen MR) is 124 cm³/mol. The Labute approximate surface area is 186 Å². The molecule has 0 bridgehead atoms. The number of benzene rings is 2. The van der Waals surface area contributed by atoms with Gasteiger partial charge in [0, 0.05) is 7.11 Å². The Morgan fingerprint density at radius 3 is 2.29 bits per heavy atom. The van der Waals surface area contributed by atoms with Crippen LogP contribution in [0.1, 0.15) is 11.1 Å². The summed E-state index contributed by atoms with van der Waals surface area (Å²) in [5.41, 5.74) is 2.59. The van der Waals surface area contributed by atoms with Crippen molar-refractivity contribution in [2.45, 2.75) is 6.92 Å². The average molecular weight is 443 g/mol. The van der Waals surface area contributed by atoms with E-state index in [1.807, 2.05) is 49.4 Å². The molecule has 2 aromatic rings. The third-order valence-corrected chi connectivity index (χ3v) is 5.77. The lowest BCUT2D eigenvalue weighted by molar-refractivity contribution is -0.122. The number of ether oxygens (including phenoxy) is 4. The highest BCUT2D eigenvalue weighted by Crippen LogP contribution is 2.37. The first-order valence-electron chi connectivity index (χ1n) is 9.66. The number of aryl methyl sites for hydroxylation is 1. The number of amides is 1. The maximum Gasteiger partial charge on any atom is 0.266 e. The minimum absolute atomic E-state index is 0.108. The van der Waals surface area contributed by atoms with E-state index in [1.165, 1.54) is 11.8 Å². The number of rotatable bonds is 8. The van der Waals surface area contributed by atoms with Gasteiger partial charge >= 0.3 is 0 Å². The summed E-state index contributed by atoms with van der Waals surface area (Å²) in [5.74, 6) is 1.90. The van der Waals surface area contributed by atoms with Crippen molar-refractivity contribution in [2.24, 2.45) is 4.99 Å². The molecule has 31 heavy (non-hydrogen) atoms. The smallest absolute Gasteiger partial charge is 0.266 e. The zero-order chi connectivity index (χ0) is 22.4. The van der Waals surface area contributed by atoms with Gasteiger partial charge in [-0.05, 0) is 72.3 Å². The number of carbonyl (C=O) groups is 1. The Kier molecular flexibility index (Phi) is 7.59. The number of aliphatic imine (C=N–C) groups is 1. The van der Waals surface area contributed by atoms with Crippen LogP contribution in [0.4, 0.5) is 5.69 Å². The largest absolute Gasteiger partial charge is 0.497 e. The number of hydrogen-bond acceptors (Lipinski definition) is 7. The Bertz CT molecular complexity index is 1000. The normalized spacial score (nSPS) is 16.3. The fraction of sp³-hybridized carbons (Fsp3) is 0.304. The van der Waals surface area contributed by atoms with Gasteiger partial charge in [0.25, 0.3) is 5.91 Å². The van der Waals surface area contributed by atoms with Crippen molar-refractivity contribution in [3.8, 4) is 17.2 Å². The van der Waals surface area contributed by atoms with Crippen LogP contribution < -0.4 is 14.2 Å². The summed E-state index contributed by atoms with van der Waals surface area (Å²) in [6.07, 6.45) is 1.86. The van der Waals surface area contributed by atoms with Crippen molar-refractivity contribution in [3.05, 3.63) is 52.4 Å². The standard InChI is InChI=1S/C23H26N2O5S/c1-15-12-19(29-4)20(30-5)13-16(15)14-21-22(26)25(10-11-27-2)23(31-21)24-17-6-8-18(28-3)9-7-17/h6-9,12-14H,10-11H2,1-5H3/b21-14-,24-23?. The first-order chi connectivity index (χ1) is 15.0. The van der Waals surface area contributed by atoms with Crippen molar-refractivity contribution in [1.29, 1.82) is 0 Å². The number of methoxy groups -OCH3 is 4. The molecule has 0 unspecified atom stereocenters. The number of thioether (sulfide) groups is 1. The molecular weight excluding hydrogens is 416 g/mol. The van der Waals surface area contributed by atoms with Gasteiger partial charge in [0.2, 0.25) is 0 Å². The van der Waals surface area contributed by atoms with Crippen LogP contribution in [0.2, 0.25) is 0 Å². The Hall–Kier alpha value is -2.97. The molecule has 164 valence electrons. The molecule has 0 radical (unpaired) electrons. The molecule has 0 saturated carbocycles. The maximum atomic E-state index is 13.1. The van der Waals surface area contributed by atoms with Gasteiger partial charge in [-0.25, -0.2) is 4.99 Å². The highest BCUT2D eigenvalue weighted by molar-refractivity contribution is 8.18. The Balaban J connectivity index is 1.96. The second-order valence-corrected chi connectivity index (χ2v) is 7.73. The van der Waals surface area contributed by atoms with Gasteiger partial charge in [-0.2, -0.15) is 0 Å². The van der Waals surface area contributed by atoms with Crippen LogP contribution in [0.3, 0.4) is 0 Å². The molecule has 1 fully saturated rings. The molecule has 7 nitrogen and oxygen atoms in total. The quantitative estimate of drug-likeness (QED) is 0.569. The molecule has 3 rings (SSSR count). The Morgan fingerprint density at radius 1 is 1.00 bits per heavy atom. The molecule has 1 saturated heterocycles. The third-order valence-electron chi connectivity index (χ3n) is 4.76. The molecule has 0 aliphatic carbocycles. The van der Waals surface area contributed by atoms with E-state index in [2.05, 4.69) is 4.99 Å². The first-order valence-corrected chi connectivity index (χ1v) is 10.5. The van der Waals surface area contributed by atoms with Crippen molar-refractivity contribution in [2.75, 3.05) is 41.6 Å². The molecule has 2 aromatic carbocycles. The van der Waals surface area contributed by atoms with E-state index in [-0.39, 0.29) is 5.91 Å². The zero-order valence-electron chi connectivity index (χ0n) is 18.3. The van der Waals surface area contributed by atoms with Crippen LogP contribution in [0.5, 0.6) is 17.2 Å². The first kappa shape index (κ1) is 22.7. The van der Waals surface area contributed by atoms with Crippen LogP contribution in [-0.2, 0) is 9.53 Å². The Morgan fingerprint density at radius 2 is 1.68 bits per heavy atom. The fourth-order valence-corrected chi connectivity index (χ4v) is 4.05. The van der Waals surface area contributed by atoms with Crippen LogP contribution in [0.25, 0.3) is 6.08 Å². The predicted octanol–water partition coefficient (Wildman–Crippen LogP) is 4.27. The summed E-state index contributed by atoms with van der Waals surface area (Å²) in [5, 5.41) is 0.608. The van der Waals surface area contributed by atoms with Gasteiger partial charge in [0.15, 0.2) is 16.7 Å². The summed E-state index contributed by atoms with van der Waals surface area (Å²) in [7, 11) is 6.41. The van der Waals surface area contributed by atoms with E-state index in [4.69, 9.17) is 18.9 Å². The topological polar surface area (TPSA) is 69.6 Å². The molecule has 1 aliphatic heterocycles. The lowest BCUT2D eigenvalue weighted by Gasteiger charge is -2.14. The average Bonchev–Trinajstić information content (AvgIpc) is 3.07. The molecule has 0 atom stereocenters. The summed E-state index contributed by atoms with van der Waals surface area (Å²) in [6.45, 7) is 2.80. The number of carbonyl (C=O) groups excluding carboxylic acids is 1. The van der Waals surface area contributed by atoms with Gasteiger partial charge in [-0.1, -0.05) is 0 Å². The van der Waals surface area contributed by atoms with E-state index >= 15 is 0 Å². The monoisotopic (exact) mass is 442 g/mol. The van der Waals surface area contributed by atoms with Crippen LogP contribution >= 0.6 is 11.8 Å². The van der Waals surface area contributed by atoms with Crippen molar-refractivity contribution >= 4 is 34.6 Å². The highest BCUT2D eigenvalue weighted by Gasteiger charge is 2.33. The van der Waals surface area contributed by atoms with Crippen molar-refractivity contribution in [1.82, 2.24) is 4.90 Å². The number of hydrogen-bond donors (Lipinski definition) is 0. The third kappa shape index (κ3) is 5.21. The molecule has 0 aromatic heterocycles. The number of nitrogens with zero attached hydrogens (tertiary/aromatic N) is 2. The molecular formula is C23H26N2O5S. The van der Waals surface area contributed by atoms with Crippen molar-refractivity contribution in [3.63, 3.8) is 0 Å². The second-order valence-electron chi connectivity index (χ2n) is 6.72. The minimum Gasteiger partial charge on any atom is -0.497 e. The van der Waals surface area contributed by atoms with E-state index in [0.29, 0.717) is 34.7 Å². The summed E-state index contributed by atoms with van der Waals surface area (Å²) in [4.78, 5) is 20.0. The SMILES string of the molecule is COCCN1C(=O)/C(=C/c2cc(OC)c(OC)cc2C)SC1=Nc1ccc(OC)cc1. The van der Waals surface area contributed by atoms with Crippen LogP contribution in [0, 0.1) is 6.92 Å². The minimum atomic E-state index is -0.108. The van der Waals surface area contributed by atoms with Gasteiger partial charge in [-0.15, -0.1) is 0 Å². The van der Waals surface area contributed by atoms with Crippen LogP contribution in [0.15, 0.2) is 46.3 Å². The van der Waals surface area contributed by atoms with Gasteiger partial charge in [0.05, 0.1) is 45.1 Å². The second kappa shape index (κ2) is 10.4. The lowest BCUT2D eigenvalue weighted by atomic mass is 10.1. The molecule has 1 heterocycles. The van der Waals surface area contributed by atoms with E-state index in [9.17, 15) is 4.79 Å². The van der Waals surface area contributed by atoms with Gasteiger partial charge in [0.1, 0.15) is 5.75 Å². The molecule has 1 amide bonds. The lowest BCUT2D eigenvalue weighted by Crippen LogP contribution is -2.32. The molecule has 8 heteroatoms. The summed E-state index contributed by atoms with van der Waals surface area (Å²) in [6, 6.07) is 11.1. The van der Waals surface area contributed by atoms with Gasteiger partial charge in [-0.3, -0.25) is 9.69 Å². The zero-order valence-corrected chi connectivity index (χ0v) is 19.1. The molecule has 1 aliphatic rings. The van der Waals surface area contributed by atoms with E-state index in [0.717, 1.165) is 22.6 Å². The van der Waals surface area contributed by atoms with Crippen molar-refractivity contribution < 1.29 is 23.7 Å². The van der Waals surface area contributed by atoms with Crippen LogP contribution in [-0.4, -0.2) is 57.6 Å². The van der Waals surface area contributed by atoms with E-state index < -0.39 is 0 Å². The molecule has 0 N–H and O–H groups in total. The highest BCUT2D eigenvalue weighted by atomic mass is 32.2. The van der Waals surface area contributed by atoms with E-state index in [1.54, 1.807) is 33.3 Å². The molecule has 0 spiro atoms. The fourth-order valence-electron chi connectivity index (χ4n) is 3.03. The van der Waals surface area contributed by atoms with Gasteiger partial charge < -0.3 is 18.9 Å².